The predicted octanol–water partition coefficient (Wildman–Crippen LogP) is 4.15. The number of ether oxygens (including phenoxy) is 1. The van der Waals surface area contributed by atoms with Crippen LogP contribution in [0, 0.1) is 11.2 Å². The fourth-order valence-electron chi connectivity index (χ4n) is 2.91. The van der Waals surface area contributed by atoms with Crippen LogP contribution < -0.4 is 10.1 Å². The second kappa shape index (κ2) is 6.57. The lowest BCUT2D eigenvalue weighted by molar-refractivity contribution is 0.0504. The fourth-order valence-corrected chi connectivity index (χ4v) is 2.91. The van der Waals surface area contributed by atoms with E-state index in [4.69, 9.17) is 4.74 Å². The number of halogens is 1. The lowest BCUT2D eigenvalue weighted by Gasteiger charge is -2.41. The Kier molecular flexibility index (Phi) is 5.03. The molecule has 0 heterocycles. The van der Waals surface area contributed by atoms with Gasteiger partial charge in [-0.15, -0.1) is 0 Å². The molecule has 0 aliphatic heterocycles. The number of rotatable bonds is 5. The minimum Gasteiger partial charge on any atom is -0.486 e. The summed E-state index contributed by atoms with van der Waals surface area (Å²) in [5, 5.41) is 3.55. The first-order valence-corrected chi connectivity index (χ1v) is 7.66. The van der Waals surface area contributed by atoms with Crippen molar-refractivity contribution in [1.82, 2.24) is 5.32 Å². The van der Waals surface area contributed by atoms with Gasteiger partial charge in [0.1, 0.15) is 6.10 Å². The zero-order valence-electron chi connectivity index (χ0n) is 12.8. The van der Waals surface area contributed by atoms with Crippen LogP contribution in [-0.2, 0) is 0 Å². The first kappa shape index (κ1) is 15.3. The van der Waals surface area contributed by atoms with E-state index in [1.807, 2.05) is 6.07 Å². The molecule has 1 fully saturated rings. The van der Waals surface area contributed by atoms with Crippen LogP contribution in [0.25, 0.3) is 0 Å². The third-order valence-corrected chi connectivity index (χ3v) is 4.11. The molecule has 3 heteroatoms. The molecule has 2 unspecified atom stereocenters. The van der Waals surface area contributed by atoms with Crippen molar-refractivity contribution >= 4 is 0 Å². The van der Waals surface area contributed by atoms with Gasteiger partial charge < -0.3 is 10.1 Å². The normalized spacial score (nSPS) is 25.4. The van der Waals surface area contributed by atoms with Crippen molar-refractivity contribution in [3.05, 3.63) is 30.1 Å². The Morgan fingerprint density at radius 2 is 2.10 bits per heavy atom. The average molecular weight is 279 g/mol. The van der Waals surface area contributed by atoms with Crippen molar-refractivity contribution in [2.75, 3.05) is 6.54 Å². The highest BCUT2D eigenvalue weighted by Crippen LogP contribution is 2.37. The highest BCUT2D eigenvalue weighted by molar-refractivity contribution is 5.24. The summed E-state index contributed by atoms with van der Waals surface area (Å²) in [6.45, 7) is 7.68. The first-order chi connectivity index (χ1) is 9.52. The van der Waals surface area contributed by atoms with Crippen LogP contribution in [0.4, 0.5) is 4.39 Å². The molecule has 0 bridgehead atoms. The van der Waals surface area contributed by atoms with E-state index in [-0.39, 0.29) is 17.3 Å². The molecule has 0 amide bonds. The highest BCUT2D eigenvalue weighted by atomic mass is 19.1. The average Bonchev–Trinajstić information content (AvgIpc) is 2.40. The molecule has 1 aliphatic carbocycles. The van der Waals surface area contributed by atoms with Gasteiger partial charge in [-0.25, -0.2) is 4.39 Å². The molecule has 2 nitrogen and oxygen atoms in total. The molecule has 1 aliphatic rings. The van der Waals surface area contributed by atoms with Crippen LogP contribution in [-0.4, -0.2) is 18.7 Å². The van der Waals surface area contributed by atoms with E-state index >= 15 is 0 Å². The van der Waals surface area contributed by atoms with Gasteiger partial charge in [0, 0.05) is 6.04 Å². The topological polar surface area (TPSA) is 21.3 Å². The monoisotopic (exact) mass is 279 g/mol. The maximum Gasteiger partial charge on any atom is 0.165 e. The molecule has 0 spiro atoms. The van der Waals surface area contributed by atoms with Crippen molar-refractivity contribution in [1.29, 1.82) is 0 Å². The van der Waals surface area contributed by atoms with E-state index in [9.17, 15) is 4.39 Å². The van der Waals surface area contributed by atoms with Crippen LogP contribution in [0.5, 0.6) is 5.75 Å². The summed E-state index contributed by atoms with van der Waals surface area (Å²) in [7, 11) is 0. The fraction of sp³-hybridized carbons (Fsp3) is 0.647. The SMILES string of the molecule is CCCNC1CCC(C)(C)CC1Oc1ccccc1F. The molecule has 20 heavy (non-hydrogen) atoms. The van der Waals surface area contributed by atoms with Gasteiger partial charge in [-0.05, 0) is 49.8 Å². The van der Waals surface area contributed by atoms with Gasteiger partial charge in [0.15, 0.2) is 11.6 Å². The zero-order chi connectivity index (χ0) is 14.6. The molecule has 1 aromatic carbocycles. The molecule has 1 aromatic rings. The van der Waals surface area contributed by atoms with Crippen molar-refractivity contribution in [2.45, 2.75) is 58.6 Å². The van der Waals surface area contributed by atoms with Crippen LogP contribution in [0.1, 0.15) is 46.5 Å². The first-order valence-electron chi connectivity index (χ1n) is 7.66. The summed E-state index contributed by atoms with van der Waals surface area (Å²) in [5.74, 6) is 0.101. The van der Waals surface area contributed by atoms with Gasteiger partial charge in [0.2, 0.25) is 0 Å². The standard InChI is InChI=1S/C17H26FNO/c1-4-11-19-14-9-10-17(2,3)12-16(14)20-15-8-6-5-7-13(15)18/h5-8,14,16,19H,4,9-12H2,1-3H3. The smallest absolute Gasteiger partial charge is 0.165 e. The number of nitrogens with one attached hydrogen (secondary N) is 1. The molecule has 0 radical (unpaired) electrons. The summed E-state index contributed by atoms with van der Waals surface area (Å²) in [4.78, 5) is 0. The number of hydrogen-bond donors (Lipinski definition) is 1. The van der Waals surface area contributed by atoms with E-state index < -0.39 is 0 Å². The Morgan fingerprint density at radius 1 is 1.35 bits per heavy atom. The predicted molar refractivity (Wildman–Crippen MR) is 80.5 cm³/mol. The third kappa shape index (κ3) is 3.95. The van der Waals surface area contributed by atoms with Crippen molar-refractivity contribution in [3.8, 4) is 5.75 Å². The Labute approximate surface area is 121 Å². The minimum atomic E-state index is -0.273. The van der Waals surface area contributed by atoms with Crippen molar-refractivity contribution < 1.29 is 9.13 Å². The summed E-state index contributed by atoms with van der Waals surface area (Å²) in [6.07, 6.45) is 4.38. The minimum absolute atomic E-state index is 0.0437. The molecule has 1 N–H and O–H groups in total. The Balaban J connectivity index is 2.08. The molecule has 112 valence electrons. The zero-order valence-corrected chi connectivity index (χ0v) is 12.8. The second-order valence-corrected chi connectivity index (χ2v) is 6.55. The van der Waals surface area contributed by atoms with Crippen LogP contribution in [0.2, 0.25) is 0 Å². The van der Waals surface area contributed by atoms with Gasteiger partial charge in [-0.3, -0.25) is 0 Å². The van der Waals surface area contributed by atoms with Gasteiger partial charge in [-0.1, -0.05) is 32.9 Å². The molecule has 0 aromatic heterocycles. The Morgan fingerprint density at radius 3 is 2.80 bits per heavy atom. The van der Waals surface area contributed by atoms with E-state index in [0.717, 1.165) is 25.8 Å². The maximum atomic E-state index is 13.8. The second-order valence-electron chi connectivity index (χ2n) is 6.55. The van der Waals surface area contributed by atoms with Crippen molar-refractivity contribution in [2.24, 2.45) is 5.41 Å². The third-order valence-electron chi connectivity index (χ3n) is 4.11. The van der Waals surface area contributed by atoms with Gasteiger partial charge >= 0.3 is 0 Å². The van der Waals surface area contributed by atoms with Gasteiger partial charge in [0.25, 0.3) is 0 Å². The molecule has 1 saturated carbocycles. The lowest BCUT2D eigenvalue weighted by Crippen LogP contribution is -2.49. The Hall–Kier alpha value is -1.09. The summed E-state index contributed by atoms with van der Waals surface area (Å²) < 4.78 is 19.8. The molecule has 2 atom stereocenters. The Bertz CT molecular complexity index is 433. The summed E-state index contributed by atoms with van der Waals surface area (Å²) in [6, 6.07) is 7.01. The lowest BCUT2D eigenvalue weighted by atomic mass is 9.74. The quantitative estimate of drug-likeness (QED) is 0.874. The molecular weight excluding hydrogens is 253 g/mol. The number of hydrogen-bond acceptors (Lipinski definition) is 2. The van der Waals surface area contributed by atoms with Crippen molar-refractivity contribution in [3.63, 3.8) is 0 Å². The van der Waals surface area contributed by atoms with E-state index in [0.29, 0.717) is 11.8 Å². The number of benzene rings is 1. The van der Waals surface area contributed by atoms with E-state index in [1.54, 1.807) is 12.1 Å². The van der Waals surface area contributed by atoms with E-state index in [1.165, 1.54) is 12.5 Å². The van der Waals surface area contributed by atoms with E-state index in [2.05, 4.69) is 26.1 Å². The molecular formula is C17H26FNO. The molecule has 2 rings (SSSR count). The maximum absolute atomic E-state index is 13.8. The van der Waals surface area contributed by atoms with Gasteiger partial charge in [-0.2, -0.15) is 0 Å². The summed E-state index contributed by atoms with van der Waals surface area (Å²) in [5.41, 5.74) is 0.264. The highest BCUT2D eigenvalue weighted by Gasteiger charge is 2.36. The molecule has 0 saturated heterocycles. The largest absolute Gasteiger partial charge is 0.486 e. The van der Waals surface area contributed by atoms with Crippen LogP contribution in [0.15, 0.2) is 24.3 Å². The van der Waals surface area contributed by atoms with Crippen LogP contribution >= 0.6 is 0 Å². The van der Waals surface area contributed by atoms with Gasteiger partial charge in [0.05, 0.1) is 0 Å². The van der Waals surface area contributed by atoms with Crippen LogP contribution in [0.3, 0.4) is 0 Å². The number of para-hydroxylation sites is 1. The summed E-state index contributed by atoms with van der Waals surface area (Å²) >= 11 is 0.